The normalized spacial score (nSPS) is 21.5. The lowest BCUT2D eigenvalue weighted by Crippen LogP contribution is -2.29. The number of fused-ring (bicyclic) bond motifs is 1. The third-order valence-corrected chi connectivity index (χ3v) is 9.98. The summed E-state index contributed by atoms with van der Waals surface area (Å²) in [5.41, 5.74) is 6.61. The van der Waals surface area contributed by atoms with Gasteiger partial charge in [0.05, 0.1) is 42.1 Å². The van der Waals surface area contributed by atoms with Crippen LogP contribution in [0.5, 0.6) is 0 Å². The minimum atomic E-state index is -3.19. The van der Waals surface area contributed by atoms with E-state index in [9.17, 15) is 8.42 Å². The summed E-state index contributed by atoms with van der Waals surface area (Å²) in [5.74, 6) is 2.23. The molecule has 2 aliphatic heterocycles. The molecule has 2 aromatic heterocycles. The van der Waals surface area contributed by atoms with Crippen molar-refractivity contribution >= 4 is 28.8 Å². The van der Waals surface area contributed by atoms with Crippen LogP contribution < -0.4 is 4.72 Å². The summed E-state index contributed by atoms with van der Waals surface area (Å²) in [4.78, 5) is 21.1. The fourth-order valence-corrected chi connectivity index (χ4v) is 7.38. The van der Waals surface area contributed by atoms with Gasteiger partial charge in [0.25, 0.3) is 0 Å². The summed E-state index contributed by atoms with van der Waals surface area (Å²) >= 11 is 0. The largest absolute Gasteiger partial charge is 0.341 e. The Morgan fingerprint density at radius 3 is 2.11 bits per heavy atom. The second-order valence-corrected chi connectivity index (χ2v) is 14.4. The second-order valence-electron chi connectivity index (χ2n) is 12.5. The van der Waals surface area contributed by atoms with E-state index in [1.807, 2.05) is 12.4 Å². The quantitative estimate of drug-likeness (QED) is 0.224. The SMILES string of the molecule is BN1CCC[C@H]1c1ncc(-c2ccc3cc(-c4ccc(-c5cnc([C@@H]6C[C@H](CNS(C)(=O)=O)CN6C)[nH]5)cc4)ccc3c2)[nH]1. The molecule has 2 aliphatic rings. The van der Waals surface area contributed by atoms with Crippen molar-refractivity contribution in [1.82, 2.24) is 34.4 Å². The molecule has 226 valence electrons. The van der Waals surface area contributed by atoms with Gasteiger partial charge in [0.1, 0.15) is 11.6 Å². The average Bonchev–Trinajstić information content (AvgIpc) is 3.82. The highest BCUT2D eigenvalue weighted by Crippen LogP contribution is 2.35. The van der Waals surface area contributed by atoms with Gasteiger partial charge >= 0.3 is 0 Å². The van der Waals surface area contributed by atoms with Crippen molar-refractivity contribution in [3.8, 4) is 33.6 Å². The first kappa shape index (κ1) is 29.0. The zero-order valence-electron chi connectivity index (χ0n) is 25.4. The molecule has 2 saturated heterocycles. The summed E-state index contributed by atoms with van der Waals surface area (Å²) in [6, 6.07) is 22.3. The number of aromatic amines is 2. The summed E-state index contributed by atoms with van der Waals surface area (Å²) in [6.07, 6.45) is 8.29. The van der Waals surface area contributed by atoms with Gasteiger partial charge in [-0.25, -0.2) is 23.1 Å². The minimum absolute atomic E-state index is 0.136. The van der Waals surface area contributed by atoms with E-state index >= 15 is 0 Å². The summed E-state index contributed by atoms with van der Waals surface area (Å²) in [6.45, 7) is 2.40. The molecule has 3 atom stereocenters. The van der Waals surface area contributed by atoms with Crippen LogP contribution >= 0.6 is 0 Å². The Bertz CT molecular complexity index is 1900. The molecule has 3 N–H and O–H groups in total. The van der Waals surface area contributed by atoms with E-state index in [2.05, 4.69) is 100 Å². The lowest BCUT2D eigenvalue weighted by Gasteiger charge is -2.17. The van der Waals surface area contributed by atoms with Gasteiger partial charge in [0.2, 0.25) is 10.0 Å². The van der Waals surface area contributed by atoms with Crippen LogP contribution in [0.15, 0.2) is 73.1 Å². The molecular formula is C33H38BN7O2S. The van der Waals surface area contributed by atoms with E-state index in [1.54, 1.807) is 0 Å². The highest BCUT2D eigenvalue weighted by molar-refractivity contribution is 7.88. The molecule has 44 heavy (non-hydrogen) atoms. The maximum atomic E-state index is 11.5. The molecule has 0 bridgehead atoms. The predicted molar refractivity (Wildman–Crippen MR) is 178 cm³/mol. The maximum absolute atomic E-state index is 11.5. The number of likely N-dealkylation sites (tertiary alicyclic amines) is 1. The molecule has 4 heterocycles. The fourth-order valence-electron chi connectivity index (χ4n) is 6.84. The Morgan fingerprint density at radius 1 is 0.864 bits per heavy atom. The number of hydrogen-bond donors (Lipinski definition) is 3. The first-order valence-corrected chi connectivity index (χ1v) is 17.2. The van der Waals surface area contributed by atoms with Crippen LogP contribution in [0.1, 0.15) is 43.0 Å². The van der Waals surface area contributed by atoms with Crippen LogP contribution in [0.3, 0.4) is 0 Å². The molecule has 9 nitrogen and oxygen atoms in total. The topological polar surface area (TPSA) is 110 Å². The highest BCUT2D eigenvalue weighted by Gasteiger charge is 2.32. The average molecular weight is 608 g/mol. The zero-order chi connectivity index (χ0) is 30.4. The summed E-state index contributed by atoms with van der Waals surface area (Å²) < 4.78 is 25.7. The standard InChI is InChI=1S/C33H38BN7O2S/c1-40-20-21(17-37-44(2,42)43)14-31(40)33-36-18-28(38-33)23-7-5-22(6-8-23)24-9-10-26-16-27(12-11-25(26)15-24)29-19-35-32(39-29)30-4-3-13-41(30)34/h5-12,15-16,18-19,21,30-31,37H,3-4,13-14,17,20,34H2,1-2H3,(H,35,39)(H,36,38)/t21-,30+,31+/m1/s1. The number of nitrogens with zero attached hydrogens (tertiary/aromatic N) is 4. The number of H-pyrrole nitrogens is 2. The molecule has 0 amide bonds. The predicted octanol–water partition coefficient (Wildman–Crippen LogP) is 4.51. The smallest absolute Gasteiger partial charge is 0.208 e. The van der Waals surface area contributed by atoms with Gasteiger partial charge in [-0.3, -0.25) is 4.90 Å². The van der Waals surface area contributed by atoms with E-state index in [4.69, 9.17) is 9.97 Å². The molecule has 0 saturated carbocycles. The van der Waals surface area contributed by atoms with Gasteiger partial charge in [-0.05, 0) is 78.4 Å². The Morgan fingerprint density at radius 2 is 1.45 bits per heavy atom. The van der Waals surface area contributed by atoms with Crippen molar-refractivity contribution in [2.75, 3.05) is 32.9 Å². The molecular weight excluding hydrogens is 569 g/mol. The van der Waals surface area contributed by atoms with Crippen molar-refractivity contribution in [1.29, 1.82) is 0 Å². The fraction of sp³-hybridized carbons (Fsp3) is 0.333. The first-order valence-electron chi connectivity index (χ1n) is 15.3. The lowest BCUT2D eigenvalue weighted by atomic mass is 9.98. The van der Waals surface area contributed by atoms with E-state index < -0.39 is 10.0 Å². The van der Waals surface area contributed by atoms with E-state index in [-0.39, 0.29) is 12.0 Å². The number of benzene rings is 3. The number of sulfonamides is 1. The lowest BCUT2D eigenvalue weighted by molar-refractivity contribution is 0.304. The number of hydrogen-bond acceptors (Lipinski definition) is 6. The van der Waals surface area contributed by atoms with Crippen molar-refractivity contribution in [2.45, 2.75) is 31.3 Å². The number of rotatable bonds is 8. The molecule has 7 rings (SSSR count). The van der Waals surface area contributed by atoms with Crippen molar-refractivity contribution in [3.63, 3.8) is 0 Å². The van der Waals surface area contributed by atoms with Crippen LogP contribution in [0, 0.1) is 5.92 Å². The number of nitrogens with one attached hydrogen (secondary N) is 3. The summed E-state index contributed by atoms with van der Waals surface area (Å²) in [7, 11) is 1.05. The van der Waals surface area contributed by atoms with Crippen LogP contribution in [-0.2, 0) is 10.0 Å². The van der Waals surface area contributed by atoms with Crippen LogP contribution in [0.25, 0.3) is 44.4 Å². The first-order chi connectivity index (χ1) is 21.2. The van der Waals surface area contributed by atoms with Crippen molar-refractivity contribution in [2.24, 2.45) is 5.92 Å². The Labute approximate surface area is 259 Å². The number of imidazole rings is 2. The molecule has 0 radical (unpaired) electrons. The monoisotopic (exact) mass is 607 g/mol. The Hall–Kier alpha value is -3.77. The zero-order valence-corrected chi connectivity index (χ0v) is 26.2. The molecule has 5 aromatic rings. The van der Waals surface area contributed by atoms with Gasteiger partial charge in [-0.2, -0.15) is 0 Å². The second kappa shape index (κ2) is 11.6. The van der Waals surface area contributed by atoms with E-state index in [0.29, 0.717) is 12.6 Å². The Kier molecular flexibility index (Phi) is 7.66. The Balaban J connectivity index is 1.04. The molecule has 2 fully saturated rings. The summed E-state index contributed by atoms with van der Waals surface area (Å²) in [5, 5.41) is 2.41. The van der Waals surface area contributed by atoms with Crippen molar-refractivity contribution in [3.05, 3.63) is 84.7 Å². The van der Waals surface area contributed by atoms with E-state index in [1.165, 1.54) is 29.0 Å². The van der Waals surface area contributed by atoms with Gasteiger partial charge < -0.3 is 14.8 Å². The third kappa shape index (κ3) is 5.97. The van der Waals surface area contributed by atoms with Gasteiger partial charge in [-0.1, -0.05) is 48.5 Å². The van der Waals surface area contributed by atoms with Crippen LogP contribution in [0.2, 0.25) is 0 Å². The third-order valence-electron chi connectivity index (χ3n) is 9.29. The van der Waals surface area contributed by atoms with Gasteiger partial charge in [-0.15, -0.1) is 0 Å². The molecule has 0 spiro atoms. The van der Waals surface area contributed by atoms with Crippen LogP contribution in [-0.4, -0.2) is 79.0 Å². The molecule has 11 heteroatoms. The van der Waals surface area contributed by atoms with Gasteiger partial charge in [0.15, 0.2) is 7.98 Å². The van der Waals surface area contributed by atoms with Crippen molar-refractivity contribution < 1.29 is 8.42 Å². The van der Waals surface area contributed by atoms with Crippen LogP contribution in [0.4, 0.5) is 0 Å². The molecule has 3 aromatic carbocycles. The molecule has 0 aliphatic carbocycles. The highest BCUT2D eigenvalue weighted by atomic mass is 32.2. The van der Waals surface area contributed by atoms with Gasteiger partial charge in [0, 0.05) is 18.7 Å². The number of aromatic nitrogens is 4. The van der Waals surface area contributed by atoms with E-state index in [0.717, 1.165) is 65.7 Å². The maximum Gasteiger partial charge on any atom is 0.208 e. The molecule has 0 unspecified atom stereocenters. The minimum Gasteiger partial charge on any atom is -0.341 e.